The van der Waals surface area contributed by atoms with E-state index in [4.69, 9.17) is 0 Å². The zero-order valence-corrected chi connectivity index (χ0v) is 35.3. The lowest BCUT2D eigenvalue weighted by molar-refractivity contribution is 0.430. The molecule has 63 heavy (non-hydrogen) atoms. The number of hydrogen-bond acceptors (Lipinski definition) is 18. The molecule has 1 aromatic heterocycles. The van der Waals surface area contributed by atoms with Crippen LogP contribution in [0.1, 0.15) is 11.1 Å². The number of aromatic hydroxyl groups is 1. The van der Waals surface area contributed by atoms with Crippen LogP contribution in [0.5, 0.6) is 6.01 Å². The van der Waals surface area contributed by atoms with E-state index < -0.39 is 66.1 Å². The van der Waals surface area contributed by atoms with Crippen molar-refractivity contribution < 1.29 is 57.0 Å². The van der Waals surface area contributed by atoms with E-state index in [0.717, 1.165) is 24.3 Å². The number of aromatic nitrogens is 3. The first kappa shape index (κ1) is 44.2. The third kappa shape index (κ3) is 9.92. The second kappa shape index (κ2) is 16.4. The molecule has 0 aliphatic carbocycles. The highest BCUT2D eigenvalue weighted by Crippen LogP contribution is 2.36. The van der Waals surface area contributed by atoms with Crippen LogP contribution in [0.4, 0.5) is 46.0 Å². The zero-order chi connectivity index (χ0) is 45.6. The lowest BCUT2D eigenvalue weighted by Gasteiger charge is -2.12. The van der Waals surface area contributed by atoms with Crippen LogP contribution in [-0.2, 0) is 40.5 Å². The standard InChI is InChI=1S/C37H29N9O13S4/c1-19-13-21(43-45-23-15-27-25(33(17-23)62(54,55)56)5-3-7-31(27)60(48,49)50)9-11-29(19)38-35-40-36(42-37(47)41-35)39-30-12-10-22(14-20(30)2)44-46-24-16-28-26(34(18-24)63(57,58)59)6-4-8-32(28)61(51,52)53/h3-18H,1-2H3,(H,48,49,50)(H,51,52,53)(H,54,55,56)(H,57,58,59)(H3,38,39,40,41,42,47). The monoisotopic (exact) mass is 935 g/mol. The van der Waals surface area contributed by atoms with Crippen molar-refractivity contribution in [3.63, 3.8) is 0 Å². The first-order chi connectivity index (χ1) is 29.4. The minimum atomic E-state index is -4.86. The smallest absolute Gasteiger partial charge is 0.320 e. The number of fused-ring (bicyclic) bond motifs is 2. The highest BCUT2D eigenvalue weighted by atomic mass is 32.2. The predicted octanol–water partition coefficient (Wildman–Crippen LogP) is 7.81. The lowest BCUT2D eigenvalue weighted by Crippen LogP contribution is -2.04. The molecule has 324 valence electrons. The summed E-state index contributed by atoms with van der Waals surface area (Å²) in [6, 6.07) is 20.1. The average Bonchev–Trinajstić information content (AvgIpc) is 3.18. The molecule has 0 atom stereocenters. The van der Waals surface area contributed by atoms with Crippen molar-refractivity contribution in [1.29, 1.82) is 0 Å². The predicted molar refractivity (Wildman–Crippen MR) is 226 cm³/mol. The quantitative estimate of drug-likeness (QED) is 0.0453. The van der Waals surface area contributed by atoms with Gasteiger partial charge in [0.1, 0.15) is 19.6 Å². The van der Waals surface area contributed by atoms with Crippen molar-refractivity contribution in [2.45, 2.75) is 33.4 Å². The minimum Gasteiger partial charge on any atom is -0.479 e. The van der Waals surface area contributed by atoms with Gasteiger partial charge in [-0.3, -0.25) is 18.2 Å². The number of hydrogen-bond donors (Lipinski definition) is 7. The Balaban J connectivity index is 1.09. The zero-order valence-electron chi connectivity index (χ0n) is 32.0. The van der Waals surface area contributed by atoms with Crippen molar-refractivity contribution in [1.82, 2.24) is 15.0 Å². The van der Waals surface area contributed by atoms with Gasteiger partial charge in [0.25, 0.3) is 40.5 Å². The summed E-state index contributed by atoms with van der Waals surface area (Å²) in [7, 11) is -19.3. The Morgan fingerprint density at radius 1 is 0.429 bits per heavy atom. The molecule has 0 bridgehead atoms. The van der Waals surface area contributed by atoms with Crippen LogP contribution in [0.2, 0.25) is 0 Å². The maximum absolute atomic E-state index is 12.2. The van der Waals surface area contributed by atoms with Gasteiger partial charge in [-0.05, 0) is 97.8 Å². The maximum Gasteiger partial charge on any atom is 0.320 e. The summed E-state index contributed by atoms with van der Waals surface area (Å²) in [6.45, 7) is 3.39. The highest BCUT2D eigenvalue weighted by molar-refractivity contribution is 7.87. The van der Waals surface area contributed by atoms with E-state index >= 15 is 0 Å². The van der Waals surface area contributed by atoms with Crippen molar-refractivity contribution in [2.75, 3.05) is 10.6 Å². The van der Waals surface area contributed by atoms with E-state index in [1.807, 2.05) is 0 Å². The molecular formula is C37H29N9O13S4. The molecule has 7 N–H and O–H groups in total. The van der Waals surface area contributed by atoms with E-state index in [9.17, 15) is 57.0 Å². The second-order valence-corrected chi connectivity index (χ2v) is 19.0. The number of rotatable bonds is 12. The van der Waals surface area contributed by atoms with Gasteiger partial charge >= 0.3 is 6.01 Å². The lowest BCUT2D eigenvalue weighted by atomic mass is 10.1. The number of anilines is 4. The number of nitrogens with one attached hydrogen (secondary N) is 2. The van der Waals surface area contributed by atoms with Crippen LogP contribution in [0, 0.1) is 13.8 Å². The molecule has 0 fully saturated rings. The SMILES string of the molecule is Cc1cc(N=Nc2cc(S(=O)(=O)O)c3cccc(S(=O)(=O)O)c3c2)ccc1Nc1nc(O)nc(Nc2ccc(N=Nc3cc(S(=O)(=O)O)c4cccc(S(=O)(=O)O)c4c3)cc2C)n1. The van der Waals surface area contributed by atoms with Crippen LogP contribution < -0.4 is 10.6 Å². The van der Waals surface area contributed by atoms with Crippen molar-refractivity contribution in [3.05, 3.63) is 108 Å². The molecule has 0 saturated heterocycles. The summed E-state index contributed by atoms with van der Waals surface area (Å²) >= 11 is 0. The fourth-order valence-corrected chi connectivity index (χ4v) is 9.11. The highest BCUT2D eigenvalue weighted by Gasteiger charge is 2.23. The van der Waals surface area contributed by atoms with Gasteiger partial charge in [0.05, 0.1) is 22.7 Å². The molecule has 0 amide bonds. The second-order valence-electron chi connectivity index (χ2n) is 13.4. The number of nitrogens with zero attached hydrogens (tertiary/aromatic N) is 7. The number of aryl methyl sites for hydroxylation is 2. The summed E-state index contributed by atoms with van der Waals surface area (Å²) in [5.41, 5.74) is 2.28. The molecule has 7 aromatic rings. The van der Waals surface area contributed by atoms with Crippen LogP contribution in [0.15, 0.2) is 137 Å². The van der Waals surface area contributed by atoms with Gasteiger partial charge in [-0.1, -0.05) is 24.3 Å². The first-order valence-corrected chi connectivity index (χ1v) is 23.3. The van der Waals surface area contributed by atoms with Gasteiger partial charge in [0.15, 0.2) is 0 Å². The summed E-state index contributed by atoms with van der Waals surface area (Å²) in [5, 5.41) is 31.7. The molecule has 0 spiro atoms. The van der Waals surface area contributed by atoms with E-state index in [1.165, 1.54) is 48.5 Å². The van der Waals surface area contributed by atoms with Gasteiger partial charge < -0.3 is 15.7 Å². The van der Waals surface area contributed by atoms with E-state index in [1.54, 1.807) is 38.1 Å². The normalized spacial score (nSPS) is 12.7. The van der Waals surface area contributed by atoms with Gasteiger partial charge in [0.2, 0.25) is 11.9 Å². The van der Waals surface area contributed by atoms with E-state index in [0.29, 0.717) is 22.5 Å². The van der Waals surface area contributed by atoms with Crippen LogP contribution in [0.3, 0.4) is 0 Å². The fourth-order valence-electron chi connectivity index (χ4n) is 6.26. The number of benzene rings is 6. The molecule has 0 aliphatic rings. The largest absolute Gasteiger partial charge is 0.479 e. The molecular weight excluding hydrogens is 907 g/mol. The molecule has 0 radical (unpaired) electrons. The Morgan fingerprint density at radius 3 is 1.14 bits per heavy atom. The van der Waals surface area contributed by atoms with E-state index in [2.05, 4.69) is 46.0 Å². The van der Waals surface area contributed by atoms with Gasteiger partial charge in [0, 0.05) is 32.9 Å². The van der Waals surface area contributed by atoms with Crippen molar-refractivity contribution in [3.8, 4) is 6.01 Å². The Bertz CT molecular complexity index is 3340. The molecule has 26 heteroatoms. The minimum absolute atomic E-state index is 0.0779. The molecule has 7 rings (SSSR count). The Hall–Kier alpha value is -6.91. The van der Waals surface area contributed by atoms with Gasteiger partial charge in [-0.2, -0.15) is 69.1 Å². The summed E-state index contributed by atoms with van der Waals surface area (Å²) in [4.78, 5) is 9.63. The topological polar surface area (TPSA) is 350 Å². The third-order valence-electron chi connectivity index (χ3n) is 9.02. The van der Waals surface area contributed by atoms with Crippen molar-refractivity contribution >= 4 is 108 Å². The number of azo groups is 2. The van der Waals surface area contributed by atoms with E-state index in [-0.39, 0.29) is 56.2 Å². The molecule has 0 aliphatic heterocycles. The summed E-state index contributed by atoms with van der Waals surface area (Å²) in [6.07, 6.45) is 0. The molecule has 6 aromatic carbocycles. The molecule has 0 unspecified atom stereocenters. The third-order valence-corrected chi connectivity index (χ3v) is 12.6. The van der Waals surface area contributed by atoms with Crippen LogP contribution >= 0.6 is 0 Å². The summed E-state index contributed by atoms with van der Waals surface area (Å²) < 4.78 is 136. The van der Waals surface area contributed by atoms with Gasteiger partial charge in [-0.25, -0.2) is 0 Å². The summed E-state index contributed by atoms with van der Waals surface area (Å²) in [5.74, 6) is -0.156. The Kier molecular flexibility index (Phi) is 11.5. The van der Waals surface area contributed by atoms with Crippen molar-refractivity contribution in [2.24, 2.45) is 20.5 Å². The fraction of sp³-hybridized carbons (Fsp3) is 0.0541. The van der Waals surface area contributed by atoms with Gasteiger partial charge in [-0.15, -0.1) is 0 Å². The maximum atomic E-state index is 12.2. The molecule has 22 nitrogen and oxygen atoms in total. The molecule has 0 saturated carbocycles. The molecule has 1 heterocycles. The first-order valence-electron chi connectivity index (χ1n) is 17.5. The Labute approximate surface area is 357 Å². The van der Waals surface area contributed by atoms with Crippen LogP contribution in [-0.4, -0.2) is 71.9 Å². The Morgan fingerprint density at radius 2 is 0.794 bits per heavy atom. The average molecular weight is 936 g/mol. The van der Waals surface area contributed by atoms with Crippen LogP contribution in [0.25, 0.3) is 21.5 Å².